The summed E-state index contributed by atoms with van der Waals surface area (Å²) in [5, 5.41) is 7.98. The fraction of sp³-hybridized carbons (Fsp3) is 0.750. The third-order valence-corrected chi connectivity index (χ3v) is 3.43. The van der Waals surface area contributed by atoms with E-state index in [0.717, 1.165) is 0 Å². The molecule has 3 amide bonds. The van der Waals surface area contributed by atoms with Crippen molar-refractivity contribution in [1.29, 1.82) is 0 Å². The fourth-order valence-electron chi connectivity index (χ4n) is 2.00. The number of amides is 3. The van der Waals surface area contributed by atoms with E-state index < -0.39 is 24.1 Å². The zero-order valence-corrected chi connectivity index (χ0v) is 15.2. The molecule has 138 valence electrons. The molecule has 0 aliphatic heterocycles. The predicted molar refractivity (Wildman–Crippen MR) is 93.1 cm³/mol. The van der Waals surface area contributed by atoms with Crippen molar-refractivity contribution in [2.75, 3.05) is 13.7 Å². The summed E-state index contributed by atoms with van der Waals surface area (Å²) in [5.74, 6) is -0.687. The minimum Gasteiger partial charge on any atom is -0.450 e. The summed E-state index contributed by atoms with van der Waals surface area (Å²) < 4.78 is 4.77. The molecule has 3 N–H and O–H groups in total. The molecule has 3 atom stereocenters. The van der Waals surface area contributed by atoms with Crippen molar-refractivity contribution in [1.82, 2.24) is 16.0 Å². The standard InChI is InChI=1S/C16H30N4O4/c1-6-11(10-17-5)18-14(21)12(7-2)19-15(22)13(8-3)20-16(23)24-9-4/h10-13H,6-9H2,1-5H3,(H,18,21)(H,19,22)(H,20,23)/b17-10+. The zero-order valence-electron chi connectivity index (χ0n) is 15.2. The first kappa shape index (κ1) is 21.9. The lowest BCUT2D eigenvalue weighted by atomic mass is 10.1. The first-order chi connectivity index (χ1) is 11.4. The second kappa shape index (κ2) is 12.3. The van der Waals surface area contributed by atoms with Crippen molar-refractivity contribution >= 4 is 24.1 Å². The summed E-state index contributed by atoms with van der Waals surface area (Å²) in [6, 6.07) is -1.59. The molecule has 0 aromatic rings. The van der Waals surface area contributed by atoms with E-state index in [4.69, 9.17) is 4.74 Å². The Morgan fingerprint density at radius 1 is 0.917 bits per heavy atom. The predicted octanol–water partition coefficient (Wildman–Crippen LogP) is 1.00. The van der Waals surface area contributed by atoms with Gasteiger partial charge in [0.1, 0.15) is 12.1 Å². The van der Waals surface area contributed by atoms with Gasteiger partial charge in [-0.15, -0.1) is 0 Å². The molecule has 3 unspecified atom stereocenters. The quantitative estimate of drug-likeness (QED) is 0.515. The molecule has 0 heterocycles. The largest absolute Gasteiger partial charge is 0.450 e. The molecule has 24 heavy (non-hydrogen) atoms. The number of rotatable bonds is 10. The van der Waals surface area contributed by atoms with Crippen LogP contribution in [-0.4, -0.2) is 55.9 Å². The number of carbonyl (C=O) groups is 3. The normalized spacial score (nSPS) is 14.5. The van der Waals surface area contributed by atoms with Crippen LogP contribution < -0.4 is 16.0 Å². The Bertz CT molecular complexity index is 440. The highest BCUT2D eigenvalue weighted by atomic mass is 16.5. The van der Waals surface area contributed by atoms with Gasteiger partial charge in [0.25, 0.3) is 0 Å². The van der Waals surface area contributed by atoms with Gasteiger partial charge < -0.3 is 20.7 Å². The van der Waals surface area contributed by atoms with Crippen LogP contribution in [0, 0.1) is 0 Å². The number of carbonyl (C=O) groups excluding carboxylic acids is 3. The van der Waals surface area contributed by atoms with E-state index in [0.29, 0.717) is 19.3 Å². The van der Waals surface area contributed by atoms with Gasteiger partial charge in [0, 0.05) is 13.3 Å². The first-order valence-corrected chi connectivity index (χ1v) is 8.39. The third-order valence-electron chi connectivity index (χ3n) is 3.43. The Morgan fingerprint density at radius 2 is 1.46 bits per heavy atom. The zero-order chi connectivity index (χ0) is 18.5. The Hall–Kier alpha value is -2.12. The first-order valence-electron chi connectivity index (χ1n) is 8.39. The van der Waals surface area contributed by atoms with Crippen LogP contribution in [0.3, 0.4) is 0 Å². The van der Waals surface area contributed by atoms with Crippen LogP contribution in [0.15, 0.2) is 4.99 Å². The van der Waals surface area contributed by atoms with Gasteiger partial charge in [-0.2, -0.15) is 0 Å². The maximum atomic E-state index is 12.3. The fourth-order valence-corrected chi connectivity index (χ4v) is 2.00. The Balaban J connectivity index is 4.74. The van der Waals surface area contributed by atoms with Gasteiger partial charge in [-0.25, -0.2) is 4.79 Å². The number of nitrogens with zero attached hydrogens (tertiary/aromatic N) is 1. The van der Waals surface area contributed by atoms with E-state index >= 15 is 0 Å². The van der Waals surface area contributed by atoms with Crippen LogP contribution in [0.25, 0.3) is 0 Å². The average Bonchev–Trinajstić information content (AvgIpc) is 2.56. The minimum absolute atomic E-state index is 0.173. The topological polar surface area (TPSA) is 109 Å². The summed E-state index contributed by atoms with van der Waals surface area (Å²) in [6.07, 6.45) is 2.54. The molecule has 0 aromatic carbocycles. The molecule has 0 rings (SSSR count). The smallest absolute Gasteiger partial charge is 0.407 e. The summed E-state index contributed by atoms with van der Waals surface area (Å²) in [4.78, 5) is 39.9. The molecule has 0 bridgehead atoms. The SMILES string of the molecule is CCOC(=O)NC(CC)C(=O)NC(CC)C(=O)NC(/C=N/C)CC. The molecule has 0 fully saturated rings. The molecule has 0 saturated carbocycles. The minimum atomic E-state index is -0.745. The highest BCUT2D eigenvalue weighted by molar-refractivity contribution is 5.92. The van der Waals surface area contributed by atoms with Crippen LogP contribution in [0.4, 0.5) is 4.79 Å². The number of ether oxygens (including phenoxy) is 1. The van der Waals surface area contributed by atoms with E-state index in [1.54, 1.807) is 34.0 Å². The Labute approximate surface area is 143 Å². The molecule has 0 spiro atoms. The second-order valence-corrected chi connectivity index (χ2v) is 5.23. The Kier molecular flexibility index (Phi) is 11.2. The molecule has 0 radical (unpaired) electrons. The molecule has 0 aliphatic rings. The van der Waals surface area contributed by atoms with Crippen molar-refractivity contribution in [2.45, 2.75) is 65.1 Å². The molecule has 8 heteroatoms. The third kappa shape index (κ3) is 7.94. The number of nitrogens with one attached hydrogen (secondary N) is 3. The number of hydrogen-bond acceptors (Lipinski definition) is 5. The highest BCUT2D eigenvalue weighted by Gasteiger charge is 2.25. The number of alkyl carbamates (subject to hydrolysis) is 1. The van der Waals surface area contributed by atoms with Crippen LogP contribution >= 0.6 is 0 Å². The van der Waals surface area contributed by atoms with E-state index in [1.165, 1.54) is 0 Å². The average molecular weight is 342 g/mol. The lowest BCUT2D eigenvalue weighted by Gasteiger charge is -2.22. The molecule has 0 aliphatic carbocycles. The second-order valence-electron chi connectivity index (χ2n) is 5.23. The lowest BCUT2D eigenvalue weighted by Crippen LogP contribution is -2.54. The van der Waals surface area contributed by atoms with Crippen LogP contribution in [0.1, 0.15) is 47.0 Å². The van der Waals surface area contributed by atoms with Gasteiger partial charge in [0.2, 0.25) is 11.8 Å². The van der Waals surface area contributed by atoms with Gasteiger partial charge in [0.15, 0.2) is 0 Å². The maximum absolute atomic E-state index is 12.3. The van der Waals surface area contributed by atoms with Gasteiger partial charge >= 0.3 is 6.09 Å². The van der Waals surface area contributed by atoms with Crippen molar-refractivity contribution in [2.24, 2.45) is 4.99 Å². The van der Waals surface area contributed by atoms with Crippen molar-refractivity contribution in [3.63, 3.8) is 0 Å². The van der Waals surface area contributed by atoms with Crippen molar-refractivity contribution in [3.8, 4) is 0 Å². The molecule has 0 saturated heterocycles. The van der Waals surface area contributed by atoms with E-state index in [9.17, 15) is 14.4 Å². The van der Waals surface area contributed by atoms with Gasteiger partial charge in [-0.05, 0) is 26.2 Å². The highest BCUT2D eigenvalue weighted by Crippen LogP contribution is 1.99. The van der Waals surface area contributed by atoms with Crippen LogP contribution in [0.5, 0.6) is 0 Å². The van der Waals surface area contributed by atoms with Gasteiger partial charge in [-0.1, -0.05) is 20.8 Å². The molecule has 0 aromatic heterocycles. The Morgan fingerprint density at radius 3 is 1.92 bits per heavy atom. The molecule has 8 nitrogen and oxygen atoms in total. The van der Waals surface area contributed by atoms with E-state index in [-0.39, 0.29) is 18.6 Å². The monoisotopic (exact) mass is 342 g/mol. The van der Waals surface area contributed by atoms with Crippen molar-refractivity contribution in [3.05, 3.63) is 0 Å². The number of hydrogen-bond donors (Lipinski definition) is 3. The van der Waals surface area contributed by atoms with E-state index in [2.05, 4.69) is 20.9 Å². The number of aliphatic imine (C=N–C) groups is 1. The van der Waals surface area contributed by atoms with Gasteiger partial charge in [0.05, 0.1) is 12.6 Å². The summed E-state index contributed by atoms with van der Waals surface area (Å²) in [7, 11) is 1.64. The van der Waals surface area contributed by atoms with Crippen molar-refractivity contribution < 1.29 is 19.1 Å². The maximum Gasteiger partial charge on any atom is 0.407 e. The van der Waals surface area contributed by atoms with Crippen LogP contribution in [0.2, 0.25) is 0 Å². The molecular formula is C16H30N4O4. The summed E-state index contributed by atoms with van der Waals surface area (Å²) in [5.41, 5.74) is 0. The van der Waals surface area contributed by atoms with Crippen LogP contribution in [-0.2, 0) is 14.3 Å². The summed E-state index contributed by atoms with van der Waals surface area (Å²) >= 11 is 0. The molecular weight excluding hydrogens is 312 g/mol. The lowest BCUT2D eigenvalue weighted by molar-refractivity contribution is -0.130. The van der Waals surface area contributed by atoms with E-state index in [1.807, 2.05) is 6.92 Å². The summed E-state index contributed by atoms with van der Waals surface area (Å²) in [6.45, 7) is 7.41. The van der Waals surface area contributed by atoms with Gasteiger partial charge in [-0.3, -0.25) is 14.6 Å².